The summed E-state index contributed by atoms with van der Waals surface area (Å²) < 4.78 is 26.5. The second-order valence-electron chi connectivity index (χ2n) is 5.47. The van der Waals surface area contributed by atoms with Crippen molar-refractivity contribution in [3.8, 4) is 0 Å². The van der Waals surface area contributed by atoms with Crippen LogP contribution < -0.4 is 5.32 Å². The lowest BCUT2D eigenvalue weighted by atomic mass is 10.0. The first-order valence-electron chi connectivity index (χ1n) is 7.54. The van der Waals surface area contributed by atoms with Crippen LogP contribution in [0, 0.1) is 0 Å². The number of alkyl halides is 2. The number of carbonyl (C=O) groups excluding carboxylic acids is 1. The molecule has 1 aromatic heterocycles. The van der Waals surface area contributed by atoms with Gasteiger partial charge in [-0.3, -0.25) is 4.79 Å². The zero-order chi connectivity index (χ0) is 15.4. The van der Waals surface area contributed by atoms with Gasteiger partial charge in [-0.25, -0.2) is 8.78 Å². The van der Waals surface area contributed by atoms with Gasteiger partial charge in [0.05, 0.1) is 6.54 Å². The molecule has 0 spiro atoms. The summed E-state index contributed by atoms with van der Waals surface area (Å²) in [6.07, 6.45) is 0.875. The average Bonchev–Trinajstić information content (AvgIpc) is 2.93. The highest BCUT2D eigenvalue weighted by Crippen LogP contribution is 2.17. The van der Waals surface area contributed by atoms with Crippen molar-refractivity contribution in [2.24, 2.45) is 0 Å². The smallest absolute Gasteiger partial charge is 0.270 e. The second-order valence-corrected chi connectivity index (χ2v) is 5.47. The summed E-state index contributed by atoms with van der Waals surface area (Å²) in [4.78, 5) is 14.6. The largest absolute Gasteiger partial charge is 0.338 e. The van der Waals surface area contributed by atoms with E-state index >= 15 is 0 Å². The fraction of sp³-hybridized carbons (Fsp3) is 0.667. The molecule has 4 nitrogen and oxygen atoms in total. The van der Waals surface area contributed by atoms with Gasteiger partial charge < -0.3 is 14.8 Å². The van der Waals surface area contributed by atoms with E-state index < -0.39 is 13.0 Å². The predicted molar refractivity (Wildman–Crippen MR) is 77.6 cm³/mol. The molecule has 21 heavy (non-hydrogen) atoms. The Bertz CT molecular complexity index is 475. The van der Waals surface area contributed by atoms with Crippen LogP contribution in [0.5, 0.6) is 0 Å². The molecule has 0 saturated carbocycles. The van der Waals surface area contributed by atoms with E-state index in [1.165, 1.54) is 4.57 Å². The van der Waals surface area contributed by atoms with Crippen molar-refractivity contribution < 1.29 is 13.6 Å². The highest BCUT2D eigenvalue weighted by molar-refractivity contribution is 5.93. The summed E-state index contributed by atoms with van der Waals surface area (Å²) in [5.41, 5.74) is 0.352. The van der Waals surface area contributed by atoms with Gasteiger partial charge in [-0.05, 0) is 25.0 Å². The SMILES string of the molecule is CCC1CN(C(=O)c2cccn2CC(F)F)C(CC)CN1. The first-order chi connectivity index (χ1) is 10.1. The van der Waals surface area contributed by atoms with E-state index in [9.17, 15) is 13.6 Å². The van der Waals surface area contributed by atoms with Crippen LogP contribution in [0.15, 0.2) is 18.3 Å². The Balaban J connectivity index is 2.18. The van der Waals surface area contributed by atoms with Crippen molar-refractivity contribution in [3.05, 3.63) is 24.0 Å². The van der Waals surface area contributed by atoms with Crippen molar-refractivity contribution in [2.75, 3.05) is 13.1 Å². The number of hydrogen-bond acceptors (Lipinski definition) is 2. The van der Waals surface area contributed by atoms with Crippen LogP contribution >= 0.6 is 0 Å². The van der Waals surface area contributed by atoms with Gasteiger partial charge >= 0.3 is 0 Å². The van der Waals surface area contributed by atoms with Gasteiger partial charge in [-0.1, -0.05) is 13.8 Å². The standard InChI is InChI=1S/C15H23F2N3O/c1-3-11-9-20(12(4-2)8-18-11)15(21)13-6-5-7-19(13)10-14(16)17/h5-7,11-12,14,18H,3-4,8-10H2,1-2H3. The van der Waals surface area contributed by atoms with Crippen molar-refractivity contribution in [1.29, 1.82) is 0 Å². The van der Waals surface area contributed by atoms with E-state index in [-0.39, 0.29) is 18.0 Å². The third-order valence-electron chi connectivity index (χ3n) is 4.11. The lowest BCUT2D eigenvalue weighted by Crippen LogP contribution is -2.58. The molecule has 0 aromatic carbocycles. The summed E-state index contributed by atoms with van der Waals surface area (Å²) in [6, 6.07) is 3.67. The van der Waals surface area contributed by atoms with Crippen LogP contribution in [0.1, 0.15) is 37.2 Å². The van der Waals surface area contributed by atoms with Crippen LogP contribution in [0.4, 0.5) is 8.78 Å². The van der Waals surface area contributed by atoms with Crippen LogP contribution in [0.2, 0.25) is 0 Å². The molecule has 1 aromatic rings. The Morgan fingerprint density at radius 2 is 2.19 bits per heavy atom. The van der Waals surface area contributed by atoms with E-state index in [1.807, 2.05) is 11.8 Å². The molecule has 1 fully saturated rings. The van der Waals surface area contributed by atoms with E-state index in [0.717, 1.165) is 19.4 Å². The van der Waals surface area contributed by atoms with E-state index in [4.69, 9.17) is 0 Å². The molecule has 1 aliphatic heterocycles. The molecule has 0 bridgehead atoms. The van der Waals surface area contributed by atoms with Gasteiger partial charge in [-0.2, -0.15) is 0 Å². The zero-order valence-corrected chi connectivity index (χ0v) is 12.6. The Morgan fingerprint density at radius 1 is 1.43 bits per heavy atom. The maximum Gasteiger partial charge on any atom is 0.270 e. The number of halogens is 2. The predicted octanol–water partition coefficient (Wildman–Crippen LogP) is 2.36. The van der Waals surface area contributed by atoms with Crippen LogP contribution in [-0.4, -0.2) is 47.0 Å². The lowest BCUT2D eigenvalue weighted by molar-refractivity contribution is 0.0557. The minimum atomic E-state index is -2.46. The number of carbonyl (C=O) groups is 1. The van der Waals surface area contributed by atoms with Gasteiger partial charge in [0.2, 0.25) is 0 Å². The molecular weight excluding hydrogens is 276 g/mol. The molecule has 2 heterocycles. The molecule has 2 unspecified atom stereocenters. The summed E-state index contributed by atoms with van der Waals surface area (Å²) in [6.45, 7) is 5.07. The molecule has 1 aliphatic rings. The summed E-state index contributed by atoms with van der Waals surface area (Å²) in [5, 5.41) is 3.43. The van der Waals surface area contributed by atoms with E-state index in [1.54, 1.807) is 18.3 Å². The fourth-order valence-electron chi connectivity index (χ4n) is 2.81. The second kappa shape index (κ2) is 7.02. The Morgan fingerprint density at radius 3 is 2.81 bits per heavy atom. The lowest BCUT2D eigenvalue weighted by Gasteiger charge is -2.40. The summed E-state index contributed by atoms with van der Waals surface area (Å²) in [5.74, 6) is -0.146. The van der Waals surface area contributed by atoms with Crippen LogP contribution in [-0.2, 0) is 6.54 Å². The quantitative estimate of drug-likeness (QED) is 0.906. The molecule has 2 rings (SSSR count). The number of nitrogens with zero attached hydrogens (tertiary/aromatic N) is 2. The fourth-order valence-corrected chi connectivity index (χ4v) is 2.81. The van der Waals surface area contributed by atoms with Gasteiger partial charge in [0.1, 0.15) is 5.69 Å². The number of rotatable bonds is 5. The molecule has 118 valence electrons. The first-order valence-corrected chi connectivity index (χ1v) is 7.54. The molecule has 1 saturated heterocycles. The number of amides is 1. The number of nitrogens with one attached hydrogen (secondary N) is 1. The Kier molecular flexibility index (Phi) is 5.33. The minimum absolute atomic E-state index is 0.121. The molecule has 6 heteroatoms. The van der Waals surface area contributed by atoms with Gasteiger partial charge in [0, 0.05) is 31.4 Å². The monoisotopic (exact) mass is 299 g/mol. The maximum atomic E-state index is 12.7. The Hall–Kier alpha value is -1.43. The van der Waals surface area contributed by atoms with Crippen molar-refractivity contribution in [3.63, 3.8) is 0 Å². The van der Waals surface area contributed by atoms with Crippen molar-refractivity contribution in [1.82, 2.24) is 14.8 Å². The van der Waals surface area contributed by atoms with Crippen molar-refractivity contribution >= 4 is 5.91 Å². The average molecular weight is 299 g/mol. The van der Waals surface area contributed by atoms with Gasteiger partial charge in [0.15, 0.2) is 0 Å². The first kappa shape index (κ1) is 15.9. The number of piperazine rings is 1. The third kappa shape index (κ3) is 3.61. The molecule has 0 radical (unpaired) electrons. The molecule has 0 aliphatic carbocycles. The molecule has 2 atom stereocenters. The van der Waals surface area contributed by atoms with Crippen molar-refractivity contribution in [2.45, 2.75) is 51.7 Å². The molecule has 1 amide bonds. The zero-order valence-electron chi connectivity index (χ0n) is 12.6. The summed E-state index contributed by atoms with van der Waals surface area (Å²) >= 11 is 0. The highest BCUT2D eigenvalue weighted by Gasteiger charge is 2.31. The minimum Gasteiger partial charge on any atom is -0.338 e. The Labute approximate surface area is 124 Å². The number of hydrogen-bond donors (Lipinski definition) is 1. The van der Waals surface area contributed by atoms with E-state index in [0.29, 0.717) is 12.2 Å². The third-order valence-corrected chi connectivity index (χ3v) is 4.11. The molecular formula is C15H23F2N3O. The summed E-state index contributed by atoms with van der Waals surface area (Å²) in [7, 11) is 0. The number of aromatic nitrogens is 1. The van der Waals surface area contributed by atoms with Crippen LogP contribution in [0.3, 0.4) is 0 Å². The molecule has 1 N–H and O–H groups in total. The van der Waals surface area contributed by atoms with E-state index in [2.05, 4.69) is 12.2 Å². The maximum absolute atomic E-state index is 12.7. The highest BCUT2D eigenvalue weighted by atomic mass is 19.3. The van der Waals surface area contributed by atoms with Gasteiger partial charge in [-0.15, -0.1) is 0 Å². The van der Waals surface area contributed by atoms with Crippen LogP contribution in [0.25, 0.3) is 0 Å². The topological polar surface area (TPSA) is 37.3 Å². The normalized spacial score (nSPS) is 22.8. The van der Waals surface area contributed by atoms with Gasteiger partial charge in [0.25, 0.3) is 12.3 Å².